The summed E-state index contributed by atoms with van der Waals surface area (Å²) in [6.45, 7) is 0.773. The molecule has 1 amide bonds. The maximum Gasteiger partial charge on any atom is 0.416 e. The van der Waals surface area contributed by atoms with Gasteiger partial charge >= 0.3 is 6.18 Å². The third-order valence-corrected chi connectivity index (χ3v) is 5.47. The molecule has 1 aliphatic rings. The average molecular weight is 447 g/mol. The lowest BCUT2D eigenvalue weighted by molar-refractivity contribution is -0.138. The predicted molar refractivity (Wildman–Crippen MR) is 112 cm³/mol. The molecule has 0 saturated carbocycles. The number of halogens is 4. The molecule has 0 unspecified atom stereocenters. The molecule has 1 aliphatic heterocycles. The van der Waals surface area contributed by atoms with Gasteiger partial charge in [0, 0.05) is 38.1 Å². The highest BCUT2D eigenvalue weighted by Crippen LogP contribution is 2.37. The van der Waals surface area contributed by atoms with Crippen molar-refractivity contribution in [3.05, 3.63) is 59.5 Å². The minimum atomic E-state index is -4.67. The summed E-state index contributed by atoms with van der Waals surface area (Å²) >= 11 is 0. The van der Waals surface area contributed by atoms with Gasteiger partial charge in [0.25, 0.3) is 5.91 Å². The molecule has 6 nitrogen and oxygen atoms in total. The van der Waals surface area contributed by atoms with E-state index >= 15 is 0 Å². The van der Waals surface area contributed by atoms with Crippen LogP contribution in [0.3, 0.4) is 0 Å². The van der Waals surface area contributed by atoms with Gasteiger partial charge in [-0.2, -0.15) is 18.3 Å². The Labute approximate surface area is 182 Å². The summed E-state index contributed by atoms with van der Waals surface area (Å²) in [6.07, 6.45) is -1.44. The molecular formula is C22H21F4N5O. The van der Waals surface area contributed by atoms with Gasteiger partial charge in [-0.05, 0) is 48.4 Å². The van der Waals surface area contributed by atoms with Crippen LogP contribution in [-0.4, -0.2) is 41.3 Å². The minimum Gasteiger partial charge on any atom is -0.363 e. The number of aromatic nitrogens is 3. The third kappa shape index (κ3) is 3.69. The van der Waals surface area contributed by atoms with Crippen molar-refractivity contribution in [2.24, 2.45) is 0 Å². The number of hydrogen-bond donors (Lipinski definition) is 0. The van der Waals surface area contributed by atoms with Gasteiger partial charge in [0.2, 0.25) is 0 Å². The number of alkyl halides is 4. The number of benzene rings is 1. The Bertz CT molecular complexity index is 1170. The molecule has 0 saturated heterocycles. The quantitative estimate of drug-likeness (QED) is 0.543. The van der Waals surface area contributed by atoms with Gasteiger partial charge in [0.05, 0.1) is 17.8 Å². The molecule has 4 rings (SSSR count). The summed E-state index contributed by atoms with van der Waals surface area (Å²) in [6, 6.07) is 6.48. The van der Waals surface area contributed by atoms with E-state index < -0.39 is 29.9 Å². The first-order valence-corrected chi connectivity index (χ1v) is 9.91. The molecule has 3 heterocycles. The van der Waals surface area contributed by atoms with Gasteiger partial charge in [-0.15, -0.1) is 0 Å². The highest BCUT2D eigenvalue weighted by Gasteiger charge is 2.36. The third-order valence-electron chi connectivity index (χ3n) is 5.47. The molecule has 32 heavy (non-hydrogen) atoms. The van der Waals surface area contributed by atoms with Gasteiger partial charge in [-0.1, -0.05) is 0 Å². The molecule has 0 aliphatic carbocycles. The zero-order valence-corrected chi connectivity index (χ0v) is 17.7. The Morgan fingerprint density at radius 2 is 1.94 bits per heavy atom. The zero-order chi connectivity index (χ0) is 23.2. The smallest absolute Gasteiger partial charge is 0.363 e. The molecule has 168 valence electrons. The van der Waals surface area contributed by atoms with E-state index in [0.717, 1.165) is 17.7 Å². The van der Waals surface area contributed by atoms with Crippen LogP contribution in [0, 0.1) is 0 Å². The maximum atomic E-state index is 13.4. The van der Waals surface area contributed by atoms with Gasteiger partial charge in [-0.3, -0.25) is 9.48 Å². The van der Waals surface area contributed by atoms with Crippen molar-refractivity contribution >= 4 is 17.4 Å². The van der Waals surface area contributed by atoms with Crippen LogP contribution in [0.5, 0.6) is 0 Å². The fraction of sp³-hybridized carbons (Fsp3) is 0.318. The summed E-state index contributed by atoms with van der Waals surface area (Å²) < 4.78 is 54.5. The molecule has 10 heteroatoms. The van der Waals surface area contributed by atoms with Crippen LogP contribution in [0.15, 0.2) is 42.7 Å². The van der Waals surface area contributed by atoms with E-state index in [2.05, 4.69) is 10.1 Å². The summed E-state index contributed by atoms with van der Waals surface area (Å²) in [5.41, 5.74) is 0.323. The first kappa shape index (κ1) is 21.8. The molecule has 0 bridgehead atoms. The normalized spacial score (nSPS) is 16.3. The first-order chi connectivity index (χ1) is 15.1. The second kappa shape index (κ2) is 7.92. The number of carbonyl (C=O) groups is 1. The van der Waals surface area contributed by atoms with Crippen molar-refractivity contribution < 1.29 is 22.4 Å². The number of fused-ring (bicyclic) bond motifs is 1. The lowest BCUT2D eigenvalue weighted by atomic mass is 10.0. The van der Waals surface area contributed by atoms with Gasteiger partial charge in [0.1, 0.15) is 18.2 Å². The predicted octanol–water partition coefficient (Wildman–Crippen LogP) is 4.72. The number of anilines is 2. The van der Waals surface area contributed by atoms with Crippen LogP contribution < -0.4 is 9.80 Å². The fourth-order valence-corrected chi connectivity index (χ4v) is 3.86. The van der Waals surface area contributed by atoms with Crippen molar-refractivity contribution in [1.82, 2.24) is 14.8 Å². The molecule has 2 aromatic heterocycles. The second-order valence-corrected chi connectivity index (χ2v) is 7.89. The summed E-state index contributed by atoms with van der Waals surface area (Å²) in [7, 11) is 3.70. The summed E-state index contributed by atoms with van der Waals surface area (Å²) in [5, 5.41) is 4.37. The Kier molecular flexibility index (Phi) is 5.39. The lowest BCUT2D eigenvalue weighted by Gasteiger charge is -2.33. The number of amides is 1. The van der Waals surface area contributed by atoms with Gasteiger partial charge in [-0.25, -0.2) is 9.37 Å². The Hall–Kier alpha value is -3.43. The molecule has 3 aromatic rings. The molecule has 1 aromatic carbocycles. The molecular weight excluding hydrogens is 426 g/mol. The average Bonchev–Trinajstić information content (AvgIpc) is 3.21. The molecule has 0 N–H and O–H groups in total. The molecule has 0 spiro atoms. The monoisotopic (exact) mass is 447 g/mol. The van der Waals surface area contributed by atoms with E-state index in [-0.39, 0.29) is 18.3 Å². The Morgan fingerprint density at radius 1 is 1.19 bits per heavy atom. The topological polar surface area (TPSA) is 54.3 Å². The molecule has 1 atom stereocenters. The van der Waals surface area contributed by atoms with Crippen molar-refractivity contribution in [3.63, 3.8) is 0 Å². The molecule has 0 fully saturated rings. The van der Waals surface area contributed by atoms with E-state index in [4.69, 9.17) is 0 Å². The SMILES string of the molecule is C[C@H]1CN(c2ccc(C(F)(F)F)c(CF)c2)C(=O)c2c(-c3ccnc(N(C)C)c3)cnn21. The lowest BCUT2D eigenvalue weighted by Crippen LogP contribution is -2.43. The number of pyridine rings is 1. The second-order valence-electron chi connectivity index (χ2n) is 7.89. The van der Waals surface area contributed by atoms with Crippen LogP contribution in [0.1, 0.15) is 34.6 Å². The number of carbonyl (C=O) groups excluding carboxylic acids is 1. The Balaban J connectivity index is 1.78. The number of rotatable bonds is 4. The van der Waals surface area contributed by atoms with Crippen molar-refractivity contribution in [3.8, 4) is 11.1 Å². The van der Waals surface area contributed by atoms with Crippen LogP contribution in [0.25, 0.3) is 11.1 Å². The molecule has 0 radical (unpaired) electrons. The highest BCUT2D eigenvalue weighted by atomic mass is 19.4. The summed E-state index contributed by atoms with van der Waals surface area (Å²) in [5.74, 6) is 0.286. The van der Waals surface area contributed by atoms with Crippen LogP contribution in [-0.2, 0) is 12.9 Å². The minimum absolute atomic E-state index is 0.198. The van der Waals surface area contributed by atoms with E-state index in [1.54, 1.807) is 23.1 Å². The van der Waals surface area contributed by atoms with Crippen LogP contribution in [0.4, 0.5) is 29.1 Å². The maximum absolute atomic E-state index is 13.4. The van der Waals surface area contributed by atoms with Gasteiger partial charge in [0.15, 0.2) is 0 Å². The Morgan fingerprint density at radius 3 is 2.59 bits per heavy atom. The van der Waals surface area contributed by atoms with Crippen LogP contribution >= 0.6 is 0 Å². The largest absolute Gasteiger partial charge is 0.416 e. The summed E-state index contributed by atoms with van der Waals surface area (Å²) in [4.78, 5) is 20.9. The van der Waals surface area contributed by atoms with Gasteiger partial charge < -0.3 is 9.80 Å². The van der Waals surface area contributed by atoms with Crippen molar-refractivity contribution in [1.29, 1.82) is 0 Å². The zero-order valence-electron chi connectivity index (χ0n) is 17.7. The standard InChI is InChI=1S/C22H21F4N5O/c1-13-12-30(16-4-5-18(22(24,25)26)15(8-16)10-23)21(32)20-17(11-28-31(13)20)14-6-7-27-19(9-14)29(2)3/h4-9,11,13H,10,12H2,1-3H3/t13-/m0/s1. The number of hydrogen-bond acceptors (Lipinski definition) is 4. The van der Waals surface area contributed by atoms with Crippen molar-refractivity contribution in [2.75, 3.05) is 30.4 Å². The fourth-order valence-electron chi connectivity index (χ4n) is 3.86. The number of nitrogens with zero attached hydrogens (tertiary/aromatic N) is 5. The van der Waals surface area contributed by atoms with Crippen LogP contribution in [0.2, 0.25) is 0 Å². The van der Waals surface area contributed by atoms with E-state index in [9.17, 15) is 22.4 Å². The van der Waals surface area contributed by atoms with E-state index in [1.165, 1.54) is 11.0 Å². The van der Waals surface area contributed by atoms with E-state index in [0.29, 0.717) is 17.1 Å². The highest BCUT2D eigenvalue weighted by molar-refractivity contribution is 6.10. The van der Waals surface area contributed by atoms with E-state index in [1.807, 2.05) is 32.0 Å². The van der Waals surface area contributed by atoms with Crippen molar-refractivity contribution in [2.45, 2.75) is 25.8 Å². The first-order valence-electron chi connectivity index (χ1n) is 9.91.